The van der Waals surface area contributed by atoms with Crippen molar-refractivity contribution < 1.29 is 53.2 Å². The number of amides is 9. The minimum absolute atomic E-state index is 0.0382. The Morgan fingerprint density at radius 1 is 0.421 bits per heavy atom. The summed E-state index contributed by atoms with van der Waals surface area (Å²) in [6.45, 7) is 12.1. The first-order valence-corrected chi connectivity index (χ1v) is 24.2. The molecule has 12 N–H and O–H groups in total. The average Bonchev–Trinajstić information content (AvgIpc) is 3.43. The second-order valence-electron chi connectivity index (χ2n) is 17.9. The monoisotopic (exact) mass is 1050 g/mol. The fourth-order valence-corrected chi connectivity index (χ4v) is 7.48. The number of halogens is 2. The smallest absolute Gasteiger partial charge is 0.319 e. The quantitative estimate of drug-likeness (QED) is 0.0306. The van der Waals surface area contributed by atoms with Gasteiger partial charge in [-0.1, -0.05) is 131 Å². The van der Waals surface area contributed by atoms with Crippen molar-refractivity contribution in [3.05, 3.63) is 208 Å². The molecule has 0 spiro atoms. The molecule has 0 radical (unpaired) electrons. The summed E-state index contributed by atoms with van der Waals surface area (Å²) in [5.74, 6) is -3.42. The Balaban J connectivity index is 0.000000247. The standard InChI is InChI=1S/C20H25N3O3.C18H19F2N3O3.C18H21N3O3/c1-13(2)18(16-9-11-17(12-10-16)19(24)23-26)22-20(25)21-14(3)15-7-5-4-6-8-15;1-10(2)15(11-6-8-12(9-7-11)17(24)23-26)21-18(25)22-16-13(19)4-3-5-14(16)20;1-13(15-7-9-16(10-8-15)17(22)21-24)20-18(23)19-12-11-14-5-3-2-4-6-14/h4-14,18,26H,1-3H3,(H,23,24)(H2,21,22,25);3-10,15,26H,1-2H3,(H,23,24)(H2,21,22,25);2-10,13,24H,11-12H2,1H3,(H,21,22)(H2,19,20,23)/t14-,18-;15-;13-/m111/s1. The van der Waals surface area contributed by atoms with E-state index in [4.69, 9.17) is 15.6 Å². The fourth-order valence-electron chi connectivity index (χ4n) is 7.48. The van der Waals surface area contributed by atoms with E-state index in [2.05, 4.69) is 31.9 Å². The summed E-state index contributed by atoms with van der Waals surface area (Å²) in [5.41, 5.74) is 9.78. The topological polar surface area (TPSA) is 271 Å². The SMILES string of the molecule is CC(C)[C@@H](NC(=O)N[C@H](C)c1ccccc1)c1ccc(C(=O)NO)cc1.CC(C)[C@@H](NC(=O)Nc1c(F)cccc1F)c1ccc(C(=O)NO)cc1.C[C@@H](NC(=O)NCCc1ccccc1)c1ccc(C(=O)NO)cc1. The number of hydrogen-bond donors (Lipinski definition) is 12. The van der Waals surface area contributed by atoms with Crippen LogP contribution < -0.4 is 48.3 Å². The Morgan fingerprint density at radius 2 is 0.789 bits per heavy atom. The van der Waals surface area contributed by atoms with Crippen LogP contribution in [-0.4, -0.2) is 58.0 Å². The highest BCUT2D eigenvalue weighted by molar-refractivity contribution is 5.94. The number of anilines is 1. The van der Waals surface area contributed by atoms with Gasteiger partial charge in [-0.05, 0) is 108 Å². The molecule has 9 amide bonds. The van der Waals surface area contributed by atoms with Gasteiger partial charge in [-0.3, -0.25) is 30.0 Å². The molecule has 6 aromatic carbocycles. The van der Waals surface area contributed by atoms with Crippen molar-refractivity contribution in [2.75, 3.05) is 11.9 Å². The first kappa shape index (κ1) is 59.8. The molecule has 20 heteroatoms. The molecule has 18 nitrogen and oxygen atoms in total. The maximum atomic E-state index is 13.6. The molecule has 0 aliphatic carbocycles. The molecule has 4 atom stereocenters. The van der Waals surface area contributed by atoms with E-state index in [1.165, 1.54) is 29.2 Å². The summed E-state index contributed by atoms with van der Waals surface area (Å²) in [5, 5.41) is 42.4. The van der Waals surface area contributed by atoms with E-state index in [0.29, 0.717) is 23.2 Å². The Morgan fingerprint density at radius 3 is 1.20 bits per heavy atom. The molecule has 0 bridgehead atoms. The Kier molecular flexibility index (Phi) is 24.0. The predicted octanol–water partition coefficient (Wildman–Crippen LogP) is 9.57. The highest BCUT2D eigenvalue weighted by Gasteiger charge is 2.22. The lowest BCUT2D eigenvalue weighted by Gasteiger charge is -2.24. The minimum atomic E-state index is -0.874. The average molecular weight is 1050 g/mol. The summed E-state index contributed by atoms with van der Waals surface area (Å²) in [4.78, 5) is 70.6. The van der Waals surface area contributed by atoms with Crippen LogP contribution in [0.25, 0.3) is 0 Å². The van der Waals surface area contributed by atoms with Crippen LogP contribution in [0.2, 0.25) is 0 Å². The van der Waals surface area contributed by atoms with Crippen molar-refractivity contribution in [3.63, 3.8) is 0 Å². The number of hydroxylamine groups is 3. The fraction of sp³-hybridized carbons (Fsp3) is 0.250. The van der Waals surface area contributed by atoms with Crippen LogP contribution in [0.5, 0.6) is 0 Å². The van der Waals surface area contributed by atoms with Gasteiger partial charge in [-0.2, -0.15) is 0 Å². The number of hydrogen-bond acceptors (Lipinski definition) is 9. The molecule has 6 rings (SSSR count). The molecule has 0 unspecified atom stereocenters. The van der Waals surface area contributed by atoms with Crippen molar-refractivity contribution in [1.82, 2.24) is 43.0 Å². The molecule has 76 heavy (non-hydrogen) atoms. The third kappa shape index (κ3) is 19.0. The second-order valence-corrected chi connectivity index (χ2v) is 17.9. The molecule has 0 aliphatic rings. The van der Waals surface area contributed by atoms with Crippen LogP contribution in [0.3, 0.4) is 0 Å². The first-order chi connectivity index (χ1) is 36.3. The molecular formula is C56H65F2N9O9. The molecule has 0 heterocycles. The van der Waals surface area contributed by atoms with Gasteiger partial charge in [0, 0.05) is 23.2 Å². The molecule has 0 saturated carbocycles. The van der Waals surface area contributed by atoms with Gasteiger partial charge in [0.25, 0.3) is 17.7 Å². The molecular weight excluding hydrogens is 981 g/mol. The zero-order valence-electron chi connectivity index (χ0n) is 42.9. The second kappa shape index (κ2) is 30.5. The van der Waals surface area contributed by atoms with Crippen LogP contribution in [0.1, 0.15) is 125 Å². The maximum Gasteiger partial charge on any atom is 0.319 e. The van der Waals surface area contributed by atoms with Crippen LogP contribution in [-0.2, 0) is 6.42 Å². The van der Waals surface area contributed by atoms with Gasteiger partial charge in [0.2, 0.25) is 0 Å². The van der Waals surface area contributed by atoms with E-state index in [0.717, 1.165) is 35.2 Å². The number of carbonyl (C=O) groups excluding carboxylic acids is 6. The normalized spacial score (nSPS) is 12.1. The van der Waals surface area contributed by atoms with E-state index in [-0.39, 0.29) is 47.6 Å². The van der Waals surface area contributed by atoms with E-state index in [9.17, 15) is 37.5 Å². The largest absolute Gasteiger partial charge is 0.338 e. The number of urea groups is 3. The van der Waals surface area contributed by atoms with Crippen LogP contribution in [0.4, 0.5) is 28.9 Å². The third-order valence-corrected chi connectivity index (χ3v) is 11.7. The van der Waals surface area contributed by atoms with Crippen LogP contribution in [0, 0.1) is 23.5 Å². The van der Waals surface area contributed by atoms with Gasteiger partial charge in [0.1, 0.15) is 17.3 Å². The van der Waals surface area contributed by atoms with Crippen molar-refractivity contribution in [1.29, 1.82) is 0 Å². The number of carbonyl (C=O) groups is 6. The summed E-state index contributed by atoms with van der Waals surface area (Å²) in [7, 11) is 0. The highest BCUT2D eigenvalue weighted by Crippen LogP contribution is 2.25. The number of benzene rings is 6. The summed E-state index contributed by atoms with van der Waals surface area (Å²) < 4.78 is 27.3. The minimum Gasteiger partial charge on any atom is -0.338 e. The van der Waals surface area contributed by atoms with Crippen LogP contribution >= 0.6 is 0 Å². The lowest BCUT2D eigenvalue weighted by molar-refractivity contribution is 0.0702. The lowest BCUT2D eigenvalue weighted by atomic mass is 9.95. The van der Waals surface area contributed by atoms with E-state index >= 15 is 0 Å². The van der Waals surface area contributed by atoms with E-state index < -0.39 is 47.1 Å². The first-order valence-electron chi connectivity index (χ1n) is 24.2. The lowest BCUT2D eigenvalue weighted by Crippen LogP contribution is -2.40. The van der Waals surface area contributed by atoms with Crippen molar-refractivity contribution in [3.8, 4) is 0 Å². The van der Waals surface area contributed by atoms with Gasteiger partial charge in [0.15, 0.2) is 0 Å². The van der Waals surface area contributed by atoms with Crippen LogP contribution in [0.15, 0.2) is 152 Å². The van der Waals surface area contributed by atoms with Crippen molar-refractivity contribution in [2.45, 2.75) is 72.1 Å². The number of nitrogens with one attached hydrogen (secondary N) is 9. The number of rotatable bonds is 17. The summed E-state index contributed by atoms with van der Waals surface area (Å²) in [6.07, 6.45) is 0.771. The Labute approximate surface area is 440 Å². The zero-order valence-corrected chi connectivity index (χ0v) is 42.9. The molecule has 0 aliphatic heterocycles. The zero-order chi connectivity index (χ0) is 55.7. The Bertz CT molecular complexity index is 2790. The molecule has 402 valence electrons. The number of para-hydroxylation sites is 1. The van der Waals surface area contributed by atoms with Gasteiger partial charge >= 0.3 is 18.1 Å². The van der Waals surface area contributed by atoms with Gasteiger partial charge in [0.05, 0.1) is 24.2 Å². The predicted molar refractivity (Wildman–Crippen MR) is 282 cm³/mol. The van der Waals surface area contributed by atoms with Gasteiger partial charge in [-0.15, -0.1) is 0 Å². The van der Waals surface area contributed by atoms with Crippen molar-refractivity contribution >= 4 is 41.5 Å². The molecule has 6 aromatic rings. The molecule has 0 saturated heterocycles. The summed E-state index contributed by atoms with van der Waals surface area (Å²) >= 11 is 0. The third-order valence-electron chi connectivity index (χ3n) is 11.7. The molecule has 0 fully saturated rings. The molecule has 0 aromatic heterocycles. The Hall–Kier alpha value is -8.72. The maximum absolute atomic E-state index is 13.6. The summed E-state index contributed by atoms with van der Waals surface area (Å²) in [6, 6.07) is 40.4. The van der Waals surface area contributed by atoms with Gasteiger partial charge < -0.3 is 31.9 Å². The van der Waals surface area contributed by atoms with Crippen molar-refractivity contribution in [2.24, 2.45) is 11.8 Å². The van der Waals surface area contributed by atoms with E-state index in [1.807, 2.05) is 102 Å². The highest BCUT2D eigenvalue weighted by atomic mass is 19.1. The van der Waals surface area contributed by atoms with Gasteiger partial charge in [-0.25, -0.2) is 39.6 Å². The van der Waals surface area contributed by atoms with E-state index in [1.54, 1.807) is 71.6 Å².